The molecule has 1 aliphatic carbocycles. The van der Waals surface area contributed by atoms with Crippen LogP contribution < -0.4 is 15.4 Å². The molecule has 4 rings (SSSR count). The topological polar surface area (TPSA) is 101 Å². The predicted molar refractivity (Wildman–Crippen MR) is 126 cm³/mol. The van der Waals surface area contributed by atoms with Gasteiger partial charge in [-0.05, 0) is 49.2 Å². The lowest BCUT2D eigenvalue weighted by Crippen LogP contribution is -2.35. The largest absolute Gasteiger partial charge is 0.492 e. The smallest absolute Gasteiger partial charge is 0.241 e. The third-order valence-corrected chi connectivity index (χ3v) is 5.77. The molecule has 0 saturated heterocycles. The van der Waals surface area contributed by atoms with Crippen molar-refractivity contribution in [1.29, 1.82) is 0 Å². The summed E-state index contributed by atoms with van der Waals surface area (Å²) < 4.78 is 7.45. The fourth-order valence-corrected chi connectivity index (χ4v) is 3.99. The maximum atomic E-state index is 12.2. The number of carbonyl (C=O) groups excluding carboxylic acids is 1. The van der Waals surface area contributed by atoms with Crippen LogP contribution in [0.1, 0.15) is 37.4 Å². The van der Waals surface area contributed by atoms with Crippen molar-refractivity contribution >= 4 is 5.91 Å². The highest BCUT2D eigenvalue weighted by molar-refractivity contribution is 5.76. The molecule has 1 saturated carbocycles. The lowest BCUT2D eigenvalue weighted by atomic mass is 10.1. The van der Waals surface area contributed by atoms with E-state index in [2.05, 4.69) is 20.7 Å². The number of hydrogen-bond donors (Lipinski definition) is 3. The molecule has 2 heterocycles. The molecular formula is C25H31N5O3. The third-order valence-electron chi connectivity index (χ3n) is 5.77. The van der Waals surface area contributed by atoms with E-state index >= 15 is 0 Å². The Balaban J connectivity index is 1.18. The number of nitrogens with one attached hydrogen (secondary N) is 2. The standard InChI is InChI=1S/C25H31N5O3/c31-24(20-4-3-12-26-16-20)17-27-13-15-33-22-9-7-19(8-10-22)23-11-14-30(29-23)18-25(32)28-21-5-1-2-6-21/h3-4,7-12,14,16,21,24,27,31H,1-2,5-6,13,15,17-18H2,(H,28,32)/t24-/m0/s1. The van der Waals surface area contributed by atoms with Gasteiger partial charge in [0.25, 0.3) is 0 Å². The van der Waals surface area contributed by atoms with Crippen LogP contribution in [0.25, 0.3) is 11.3 Å². The summed E-state index contributed by atoms with van der Waals surface area (Å²) in [5.41, 5.74) is 2.58. The number of rotatable bonds is 11. The van der Waals surface area contributed by atoms with E-state index in [4.69, 9.17) is 4.74 Å². The third kappa shape index (κ3) is 6.87. The highest BCUT2D eigenvalue weighted by atomic mass is 16.5. The minimum absolute atomic E-state index is 0.0156. The van der Waals surface area contributed by atoms with E-state index in [1.807, 2.05) is 48.7 Å². The van der Waals surface area contributed by atoms with Gasteiger partial charge >= 0.3 is 0 Å². The average molecular weight is 450 g/mol. The molecule has 0 bridgehead atoms. The lowest BCUT2D eigenvalue weighted by Gasteiger charge is -2.12. The molecule has 2 aromatic heterocycles. The van der Waals surface area contributed by atoms with Crippen molar-refractivity contribution in [3.63, 3.8) is 0 Å². The summed E-state index contributed by atoms with van der Waals surface area (Å²) in [7, 11) is 0. The number of aliphatic hydroxyl groups is 1. The summed E-state index contributed by atoms with van der Waals surface area (Å²) in [6, 6.07) is 13.6. The molecule has 1 aromatic carbocycles. The van der Waals surface area contributed by atoms with E-state index in [-0.39, 0.29) is 12.5 Å². The van der Waals surface area contributed by atoms with Crippen molar-refractivity contribution in [3.8, 4) is 17.0 Å². The van der Waals surface area contributed by atoms with Crippen molar-refractivity contribution in [2.45, 2.75) is 44.4 Å². The lowest BCUT2D eigenvalue weighted by molar-refractivity contribution is -0.122. The summed E-state index contributed by atoms with van der Waals surface area (Å²) in [4.78, 5) is 16.2. The average Bonchev–Trinajstić information content (AvgIpc) is 3.52. The molecule has 1 fully saturated rings. The van der Waals surface area contributed by atoms with E-state index in [1.165, 1.54) is 12.8 Å². The van der Waals surface area contributed by atoms with Gasteiger partial charge in [-0.1, -0.05) is 18.9 Å². The van der Waals surface area contributed by atoms with E-state index in [1.54, 1.807) is 17.1 Å². The van der Waals surface area contributed by atoms with E-state index in [9.17, 15) is 9.90 Å². The van der Waals surface area contributed by atoms with Crippen molar-refractivity contribution in [3.05, 3.63) is 66.6 Å². The van der Waals surface area contributed by atoms with Crippen LogP contribution in [0.15, 0.2) is 61.1 Å². The Morgan fingerprint density at radius 1 is 1.18 bits per heavy atom. The van der Waals surface area contributed by atoms with Gasteiger partial charge in [0.15, 0.2) is 0 Å². The van der Waals surface area contributed by atoms with Crippen LogP contribution in [-0.2, 0) is 11.3 Å². The number of amides is 1. The Labute approximate surface area is 194 Å². The van der Waals surface area contributed by atoms with Gasteiger partial charge in [0.05, 0.1) is 11.8 Å². The zero-order valence-electron chi connectivity index (χ0n) is 18.7. The van der Waals surface area contributed by atoms with Gasteiger partial charge in [0, 0.05) is 48.8 Å². The molecule has 1 atom stereocenters. The van der Waals surface area contributed by atoms with Gasteiger partial charge in [0.2, 0.25) is 5.91 Å². The number of nitrogens with zero attached hydrogens (tertiary/aromatic N) is 3. The molecule has 3 aromatic rings. The van der Waals surface area contributed by atoms with Crippen molar-refractivity contribution in [2.24, 2.45) is 0 Å². The molecule has 1 aliphatic rings. The van der Waals surface area contributed by atoms with Crippen LogP contribution in [0, 0.1) is 0 Å². The number of aromatic nitrogens is 3. The number of carbonyl (C=O) groups is 1. The fraction of sp³-hybridized carbons (Fsp3) is 0.400. The number of pyridine rings is 1. The Kier molecular flexibility index (Phi) is 8.05. The van der Waals surface area contributed by atoms with Gasteiger partial charge < -0.3 is 20.5 Å². The Morgan fingerprint density at radius 2 is 2.00 bits per heavy atom. The summed E-state index contributed by atoms with van der Waals surface area (Å²) in [6.07, 6.45) is 9.14. The Bertz CT molecular complexity index is 1000. The van der Waals surface area contributed by atoms with Crippen molar-refractivity contribution in [1.82, 2.24) is 25.4 Å². The van der Waals surface area contributed by atoms with E-state index < -0.39 is 6.10 Å². The van der Waals surface area contributed by atoms with Gasteiger partial charge in [-0.3, -0.25) is 14.5 Å². The van der Waals surface area contributed by atoms with Crippen molar-refractivity contribution < 1.29 is 14.6 Å². The van der Waals surface area contributed by atoms with Crippen LogP contribution in [0.2, 0.25) is 0 Å². The zero-order valence-corrected chi connectivity index (χ0v) is 18.7. The van der Waals surface area contributed by atoms with Crippen LogP contribution in [0.3, 0.4) is 0 Å². The molecule has 174 valence electrons. The van der Waals surface area contributed by atoms with Crippen LogP contribution in [-0.4, -0.2) is 51.5 Å². The quantitative estimate of drug-likeness (QED) is 0.389. The molecule has 3 N–H and O–H groups in total. The maximum Gasteiger partial charge on any atom is 0.241 e. The molecule has 0 radical (unpaired) electrons. The summed E-state index contributed by atoms with van der Waals surface area (Å²) >= 11 is 0. The second-order valence-corrected chi connectivity index (χ2v) is 8.33. The summed E-state index contributed by atoms with van der Waals surface area (Å²) in [5, 5.41) is 20.9. The number of hydrogen-bond acceptors (Lipinski definition) is 6. The molecule has 0 spiro atoms. The number of aliphatic hydroxyl groups excluding tert-OH is 1. The van der Waals surface area contributed by atoms with Crippen LogP contribution in [0.5, 0.6) is 5.75 Å². The van der Waals surface area contributed by atoms with Gasteiger partial charge in [0.1, 0.15) is 18.9 Å². The molecule has 8 nitrogen and oxygen atoms in total. The summed E-state index contributed by atoms with van der Waals surface area (Å²) in [5.74, 6) is 0.783. The minimum Gasteiger partial charge on any atom is -0.492 e. The second kappa shape index (κ2) is 11.6. The van der Waals surface area contributed by atoms with Crippen LogP contribution in [0.4, 0.5) is 0 Å². The SMILES string of the molecule is O=C(Cn1ccc(-c2ccc(OCCNC[C@H](O)c3cccnc3)cc2)n1)NC1CCCC1. The minimum atomic E-state index is -0.591. The molecule has 1 amide bonds. The zero-order chi connectivity index (χ0) is 22.9. The monoisotopic (exact) mass is 449 g/mol. The second-order valence-electron chi connectivity index (χ2n) is 8.33. The Hall–Kier alpha value is -3.23. The maximum absolute atomic E-state index is 12.2. The Morgan fingerprint density at radius 3 is 2.76 bits per heavy atom. The predicted octanol–water partition coefficient (Wildman–Crippen LogP) is 2.71. The number of ether oxygens (including phenoxy) is 1. The first-order valence-electron chi connectivity index (χ1n) is 11.5. The van der Waals surface area contributed by atoms with Gasteiger partial charge in [-0.25, -0.2) is 0 Å². The van der Waals surface area contributed by atoms with Gasteiger partial charge in [-0.2, -0.15) is 5.10 Å². The highest BCUT2D eigenvalue weighted by Crippen LogP contribution is 2.21. The summed E-state index contributed by atoms with van der Waals surface area (Å²) in [6.45, 7) is 1.78. The first kappa shape index (κ1) is 22.9. The normalized spacial score (nSPS) is 14.8. The number of benzene rings is 1. The first-order chi connectivity index (χ1) is 16.2. The van der Waals surface area contributed by atoms with E-state index in [0.29, 0.717) is 25.7 Å². The highest BCUT2D eigenvalue weighted by Gasteiger charge is 2.17. The van der Waals surface area contributed by atoms with Crippen LogP contribution >= 0.6 is 0 Å². The van der Waals surface area contributed by atoms with Gasteiger partial charge in [-0.15, -0.1) is 0 Å². The van der Waals surface area contributed by atoms with Crippen molar-refractivity contribution in [2.75, 3.05) is 19.7 Å². The molecule has 0 aliphatic heterocycles. The molecular weight excluding hydrogens is 418 g/mol. The molecule has 0 unspecified atom stereocenters. The fourth-order valence-electron chi connectivity index (χ4n) is 3.99. The molecule has 8 heteroatoms. The first-order valence-corrected chi connectivity index (χ1v) is 11.5. The van der Waals surface area contributed by atoms with E-state index in [0.717, 1.165) is 35.4 Å². The molecule has 33 heavy (non-hydrogen) atoms.